The summed E-state index contributed by atoms with van der Waals surface area (Å²) in [5, 5.41) is 11.5. The van der Waals surface area contributed by atoms with E-state index in [1.54, 1.807) is 11.6 Å². The van der Waals surface area contributed by atoms with Gasteiger partial charge in [0, 0.05) is 25.5 Å². The second-order valence-corrected chi connectivity index (χ2v) is 8.68. The lowest BCUT2D eigenvalue weighted by Crippen LogP contribution is -2.33. The number of thiophene rings is 1. The third kappa shape index (κ3) is 5.33. The molecule has 0 bridgehead atoms. The molecular formula is C22H24F3N3O5S. The molecule has 1 amide bonds. The second-order valence-electron chi connectivity index (χ2n) is 7.66. The summed E-state index contributed by atoms with van der Waals surface area (Å²) in [6, 6.07) is 7.74. The van der Waals surface area contributed by atoms with E-state index >= 15 is 0 Å². The van der Waals surface area contributed by atoms with Crippen LogP contribution in [0, 0.1) is 0 Å². The van der Waals surface area contributed by atoms with Crippen molar-refractivity contribution in [1.82, 2.24) is 14.8 Å². The Kier molecular flexibility index (Phi) is 7.82. The Morgan fingerprint density at radius 3 is 2.41 bits per heavy atom. The summed E-state index contributed by atoms with van der Waals surface area (Å²) in [6.07, 6.45) is -2.62. The van der Waals surface area contributed by atoms with Crippen molar-refractivity contribution in [2.45, 2.75) is 19.0 Å². The highest BCUT2D eigenvalue weighted by Gasteiger charge is 2.38. The Morgan fingerprint density at radius 1 is 1.21 bits per heavy atom. The molecule has 1 aromatic carbocycles. The molecule has 12 heteroatoms. The van der Waals surface area contributed by atoms with E-state index in [9.17, 15) is 22.8 Å². The maximum absolute atomic E-state index is 12.9. The summed E-state index contributed by atoms with van der Waals surface area (Å²) in [5.74, 6) is -2.56. The number of methoxy groups -OCH3 is 1. The van der Waals surface area contributed by atoms with Crippen LogP contribution in [-0.2, 0) is 11.8 Å². The molecule has 3 aromatic rings. The summed E-state index contributed by atoms with van der Waals surface area (Å²) < 4.78 is 39.7. The fraction of sp³-hybridized carbons (Fsp3) is 0.409. The third-order valence-electron chi connectivity index (χ3n) is 5.46. The van der Waals surface area contributed by atoms with E-state index in [0.717, 1.165) is 35.2 Å². The number of carbonyl (C=O) groups excluding carboxylic acids is 1. The Hall–Kier alpha value is -3.12. The molecule has 184 valence electrons. The lowest BCUT2D eigenvalue weighted by atomic mass is 10.1. The maximum Gasteiger partial charge on any atom is 0.490 e. The molecule has 2 N–H and O–H groups in total. The first-order valence-electron chi connectivity index (χ1n) is 10.4. The number of benzene rings is 1. The molecule has 1 aliphatic heterocycles. The van der Waals surface area contributed by atoms with Crippen LogP contribution in [0.1, 0.15) is 22.5 Å². The Balaban J connectivity index is 0.000000406. The van der Waals surface area contributed by atoms with Crippen LogP contribution in [-0.4, -0.2) is 65.9 Å². The number of likely N-dealkylation sites (tertiary alicyclic amines) is 1. The monoisotopic (exact) mass is 499 g/mol. The van der Waals surface area contributed by atoms with Crippen LogP contribution in [0.4, 0.5) is 13.2 Å². The number of carbonyl (C=O) groups is 2. The number of alkyl halides is 3. The van der Waals surface area contributed by atoms with E-state index in [1.807, 2.05) is 24.3 Å². The summed E-state index contributed by atoms with van der Waals surface area (Å²) >= 11 is 1.33. The number of aryl methyl sites for hydroxylation is 1. The number of hydrogen-bond donors (Lipinski definition) is 2. The number of pyridine rings is 1. The van der Waals surface area contributed by atoms with Gasteiger partial charge < -0.3 is 24.6 Å². The summed E-state index contributed by atoms with van der Waals surface area (Å²) in [4.78, 5) is 37.4. The zero-order chi connectivity index (χ0) is 25.0. The molecule has 0 aliphatic carbocycles. The number of para-hydroxylation sites is 1. The summed E-state index contributed by atoms with van der Waals surface area (Å²) in [5.41, 5.74) is 0.702. The molecule has 1 aliphatic rings. The van der Waals surface area contributed by atoms with E-state index in [2.05, 4.69) is 10.2 Å². The van der Waals surface area contributed by atoms with Crippen LogP contribution < -0.4 is 15.6 Å². The van der Waals surface area contributed by atoms with Crippen LogP contribution in [0.3, 0.4) is 0 Å². The quantitative estimate of drug-likeness (QED) is 0.559. The van der Waals surface area contributed by atoms with Crippen LogP contribution in [0.15, 0.2) is 29.1 Å². The van der Waals surface area contributed by atoms with Gasteiger partial charge >= 0.3 is 12.1 Å². The third-order valence-corrected chi connectivity index (χ3v) is 6.66. The van der Waals surface area contributed by atoms with Crippen LogP contribution >= 0.6 is 11.3 Å². The largest absolute Gasteiger partial charge is 0.494 e. The minimum absolute atomic E-state index is 0.145. The topological polar surface area (TPSA) is 101 Å². The molecule has 0 atom stereocenters. The number of ether oxygens (including phenoxy) is 1. The van der Waals surface area contributed by atoms with Gasteiger partial charge in [-0.3, -0.25) is 9.59 Å². The minimum atomic E-state index is -5.08. The number of nitrogens with zero attached hydrogens (tertiary/aromatic N) is 2. The van der Waals surface area contributed by atoms with Crippen molar-refractivity contribution >= 4 is 44.2 Å². The molecule has 34 heavy (non-hydrogen) atoms. The Morgan fingerprint density at radius 2 is 1.82 bits per heavy atom. The second kappa shape index (κ2) is 10.4. The van der Waals surface area contributed by atoms with Crippen molar-refractivity contribution in [1.29, 1.82) is 0 Å². The van der Waals surface area contributed by atoms with Gasteiger partial charge in [0.15, 0.2) is 5.75 Å². The predicted molar refractivity (Wildman–Crippen MR) is 123 cm³/mol. The number of halogens is 3. The van der Waals surface area contributed by atoms with Gasteiger partial charge in [-0.1, -0.05) is 18.2 Å². The molecule has 0 spiro atoms. The summed E-state index contributed by atoms with van der Waals surface area (Å²) in [6.45, 7) is 3.65. The summed E-state index contributed by atoms with van der Waals surface area (Å²) in [7, 11) is 3.26. The van der Waals surface area contributed by atoms with Gasteiger partial charge in [-0.2, -0.15) is 13.2 Å². The number of nitrogens with one attached hydrogen (secondary N) is 1. The highest BCUT2D eigenvalue weighted by molar-refractivity contribution is 7.22. The molecule has 2 aromatic heterocycles. The van der Waals surface area contributed by atoms with Crippen molar-refractivity contribution in [3.63, 3.8) is 0 Å². The standard InChI is InChI=1S/C20H23N3O3S.C2HF3O2/c1-22-14-8-4-3-7-13(14)17-15(20(22)25)16(26-2)18(27-17)19(24)21-9-12-23-10-5-6-11-23;3-2(4,5)1(6)7/h3-4,7-8H,5-6,9-12H2,1-2H3,(H,21,24);(H,6,7). The van der Waals surface area contributed by atoms with Gasteiger partial charge in [0.1, 0.15) is 10.3 Å². The van der Waals surface area contributed by atoms with Crippen LogP contribution in [0.25, 0.3) is 21.0 Å². The first-order chi connectivity index (χ1) is 16.1. The van der Waals surface area contributed by atoms with E-state index in [0.29, 0.717) is 22.6 Å². The molecule has 8 nitrogen and oxygen atoms in total. The van der Waals surface area contributed by atoms with Crippen molar-refractivity contribution in [3.05, 3.63) is 39.5 Å². The average Bonchev–Trinajstić information content (AvgIpc) is 3.45. The van der Waals surface area contributed by atoms with Crippen molar-refractivity contribution in [3.8, 4) is 5.75 Å². The van der Waals surface area contributed by atoms with Crippen LogP contribution in [0.5, 0.6) is 5.75 Å². The Bertz CT molecular complexity index is 1260. The normalized spacial score (nSPS) is 14.1. The number of carboxylic acid groups (broad SMARTS) is 1. The fourth-order valence-corrected chi connectivity index (χ4v) is 5.01. The Labute approximate surface area is 196 Å². The maximum atomic E-state index is 12.9. The van der Waals surface area contributed by atoms with Crippen molar-refractivity contribution in [2.75, 3.05) is 33.3 Å². The lowest BCUT2D eigenvalue weighted by molar-refractivity contribution is -0.192. The SMILES string of the molecule is COc1c(C(=O)NCCN2CCCC2)sc2c1c(=O)n(C)c1ccccc21.O=C(O)C(F)(F)F. The molecule has 4 rings (SSSR count). The van der Waals surface area contributed by atoms with Gasteiger partial charge in [-0.15, -0.1) is 11.3 Å². The predicted octanol–water partition coefficient (Wildman–Crippen LogP) is 3.22. The van der Waals surface area contributed by atoms with Gasteiger partial charge in [0.2, 0.25) is 0 Å². The molecule has 0 saturated carbocycles. The molecule has 3 heterocycles. The van der Waals surface area contributed by atoms with Gasteiger partial charge in [0.25, 0.3) is 11.5 Å². The number of aromatic nitrogens is 1. The molecule has 0 unspecified atom stereocenters. The van der Waals surface area contributed by atoms with Crippen LogP contribution in [0.2, 0.25) is 0 Å². The van der Waals surface area contributed by atoms with Gasteiger partial charge in [-0.25, -0.2) is 4.79 Å². The molecular weight excluding hydrogens is 475 g/mol. The van der Waals surface area contributed by atoms with E-state index in [1.165, 1.54) is 31.3 Å². The van der Waals surface area contributed by atoms with Gasteiger partial charge in [-0.05, 0) is 32.0 Å². The number of rotatable bonds is 5. The fourth-order valence-electron chi connectivity index (χ4n) is 3.79. The number of hydrogen-bond acceptors (Lipinski definition) is 6. The number of amides is 1. The zero-order valence-electron chi connectivity index (χ0n) is 18.6. The van der Waals surface area contributed by atoms with E-state index in [4.69, 9.17) is 14.6 Å². The zero-order valence-corrected chi connectivity index (χ0v) is 19.4. The molecule has 1 saturated heterocycles. The lowest BCUT2D eigenvalue weighted by Gasteiger charge is -2.14. The van der Waals surface area contributed by atoms with E-state index in [-0.39, 0.29) is 11.5 Å². The smallest absolute Gasteiger partial charge is 0.490 e. The average molecular weight is 500 g/mol. The minimum Gasteiger partial charge on any atom is -0.494 e. The van der Waals surface area contributed by atoms with Gasteiger partial charge in [0.05, 0.1) is 17.3 Å². The molecule has 1 fully saturated rings. The van der Waals surface area contributed by atoms with Crippen molar-refractivity contribution < 1.29 is 32.6 Å². The highest BCUT2D eigenvalue weighted by Crippen LogP contribution is 2.39. The number of aliphatic carboxylic acids is 1. The van der Waals surface area contributed by atoms with E-state index < -0.39 is 12.1 Å². The first-order valence-corrected chi connectivity index (χ1v) is 11.3. The number of fused-ring (bicyclic) bond motifs is 3. The molecule has 0 radical (unpaired) electrons. The first kappa shape index (κ1) is 25.5. The number of carboxylic acids is 1. The van der Waals surface area contributed by atoms with Crippen molar-refractivity contribution in [2.24, 2.45) is 7.05 Å². The highest BCUT2D eigenvalue weighted by atomic mass is 32.1.